The molecule has 35 heavy (non-hydrogen) atoms. The molecule has 2 heterocycles. The van der Waals surface area contributed by atoms with E-state index in [1.54, 1.807) is 35.6 Å². The predicted molar refractivity (Wildman–Crippen MR) is 140 cm³/mol. The summed E-state index contributed by atoms with van der Waals surface area (Å²) in [6, 6.07) is 15.1. The Morgan fingerprint density at radius 2 is 1.94 bits per heavy atom. The van der Waals surface area contributed by atoms with Gasteiger partial charge in [0.1, 0.15) is 16.7 Å². The second kappa shape index (κ2) is 10.5. The van der Waals surface area contributed by atoms with Crippen LogP contribution in [0.15, 0.2) is 58.8 Å². The zero-order valence-corrected chi connectivity index (χ0v) is 22.2. The molecule has 6 nitrogen and oxygen atoms in total. The molecule has 0 spiro atoms. The number of nitrogens with one attached hydrogen (secondary N) is 1. The lowest BCUT2D eigenvalue weighted by atomic mass is 9.88. The van der Waals surface area contributed by atoms with Gasteiger partial charge in [0.15, 0.2) is 0 Å². The van der Waals surface area contributed by atoms with E-state index in [1.165, 1.54) is 11.3 Å². The summed E-state index contributed by atoms with van der Waals surface area (Å²) in [5.74, 6) is 0.458. The highest BCUT2D eigenvalue weighted by Crippen LogP contribution is 2.35. The van der Waals surface area contributed by atoms with Crippen LogP contribution in [0.4, 0.5) is 0 Å². The van der Waals surface area contributed by atoms with Crippen LogP contribution in [0.5, 0.6) is 5.75 Å². The highest BCUT2D eigenvalue weighted by molar-refractivity contribution is 7.89. The van der Waals surface area contributed by atoms with Crippen molar-refractivity contribution in [3.8, 4) is 5.75 Å². The Labute approximate surface area is 212 Å². The van der Waals surface area contributed by atoms with E-state index >= 15 is 0 Å². The van der Waals surface area contributed by atoms with E-state index in [-0.39, 0.29) is 29.4 Å². The molecule has 0 saturated heterocycles. The Hall–Kier alpha value is -2.68. The molecule has 1 unspecified atom stereocenters. The lowest BCUT2D eigenvalue weighted by Gasteiger charge is -2.24. The molecule has 1 N–H and O–H groups in total. The van der Waals surface area contributed by atoms with Gasteiger partial charge in [-0.1, -0.05) is 44.2 Å². The summed E-state index contributed by atoms with van der Waals surface area (Å²) in [5.41, 5.74) is 4.23. The highest BCUT2D eigenvalue weighted by atomic mass is 32.2. The lowest BCUT2D eigenvalue weighted by Crippen LogP contribution is -2.36. The van der Waals surface area contributed by atoms with Gasteiger partial charge in [-0.2, -0.15) is 4.31 Å². The second-order valence-electron chi connectivity index (χ2n) is 8.86. The standard InChI is InChI=1S/C27H32N2O4S2/c1-5-22-16-29(35(31,32)26-10-8-7-9-24(26)33-22)15-20-13-19(12-11-18(20)3)23(6-2)21-14-25(34-17-21)27(30)28-4/h7-14,17,22-23H,5-6,15-16H2,1-4H3,(H,28,30)/t22-,23?/m1/s1. The number of hydrogen-bond acceptors (Lipinski definition) is 5. The van der Waals surface area contributed by atoms with Crippen molar-refractivity contribution in [2.24, 2.45) is 0 Å². The Morgan fingerprint density at radius 1 is 1.17 bits per heavy atom. The zero-order valence-electron chi connectivity index (χ0n) is 20.6. The smallest absolute Gasteiger partial charge is 0.261 e. The van der Waals surface area contributed by atoms with Gasteiger partial charge in [0.2, 0.25) is 10.0 Å². The van der Waals surface area contributed by atoms with Crippen molar-refractivity contribution in [1.29, 1.82) is 0 Å². The maximum Gasteiger partial charge on any atom is 0.261 e. The number of aryl methyl sites for hydroxylation is 1. The van der Waals surface area contributed by atoms with Gasteiger partial charge < -0.3 is 10.1 Å². The van der Waals surface area contributed by atoms with Crippen molar-refractivity contribution in [1.82, 2.24) is 9.62 Å². The average molecular weight is 513 g/mol. The molecular weight excluding hydrogens is 480 g/mol. The fraction of sp³-hybridized carbons (Fsp3) is 0.370. The first-order chi connectivity index (χ1) is 16.8. The molecule has 3 aromatic rings. The Kier molecular flexibility index (Phi) is 7.64. The van der Waals surface area contributed by atoms with Crippen LogP contribution in [0.1, 0.15) is 64.5 Å². The fourth-order valence-corrected chi connectivity index (χ4v) is 6.99. The van der Waals surface area contributed by atoms with Crippen LogP contribution < -0.4 is 10.1 Å². The molecule has 8 heteroatoms. The topological polar surface area (TPSA) is 75.7 Å². The minimum Gasteiger partial charge on any atom is -0.488 e. The number of carbonyl (C=O) groups excluding carboxylic acids is 1. The summed E-state index contributed by atoms with van der Waals surface area (Å²) in [7, 11) is -2.08. The molecule has 0 aliphatic carbocycles. The van der Waals surface area contributed by atoms with Crippen LogP contribution in [0, 0.1) is 6.92 Å². The van der Waals surface area contributed by atoms with Crippen molar-refractivity contribution in [3.63, 3.8) is 0 Å². The maximum atomic E-state index is 13.6. The molecule has 0 bridgehead atoms. The molecule has 1 aliphatic heterocycles. The van der Waals surface area contributed by atoms with Gasteiger partial charge in [0.05, 0.1) is 11.4 Å². The molecular formula is C27H32N2O4S2. The maximum absolute atomic E-state index is 13.6. The number of amides is 1. The van der Waals surface area contributed by atoms with E-state index < -0.39 is 10.0 Å². The minimum absolute atomic E-state index is 0.0833. The van der Waals surface area contributed by atoms with E-state index in [9.17, 15) is 13.2 Å². The van der Waals surface area contributed by atoms with Gasteiger partial charge in [-0.25, -0.2) is 8.42 Å². The summed E-state index contributed by atoms with van der Waals surface area (Å²) in [5, 5.41) is 4.72. The first-order valence-electron chi connectivity index (χ1n) is 11.9. The van der Waals surface area contributed by atoms with E-state index in [1.807, 2.05) is 25.3 Å². The summed E-state index contributed by atoms with van der Waals surface area (Å²) >= 11 is 1.44. The molecule has 1 amide bonds. The van der Waals surface area contributed by atoms with Crippen LogP contribution in [0.3, 0.4) is 0 Å². The van der Waals surface area contributed by atoms with Crippen molar-refractivity contribution < 1.29 is 17.9 Å². The summed E-state index contributed by atoms with van der Waals surface area (Å²) in [6.07, 6.45) is 1.37. The molecule has 0 fully saturated rings. The van der Waals surface area contributed by atoms with Gasteiger partial charge in [0.25, 0.3) is 5.91 Å². The number of carbonyl (C=O) groups is 1. The number of nitrogens with zero attached hydrogens (tertiary/aromatic N) is 1. The van der Waals surface area contributed by atoms with Crippen molar-refractivity contribution in [2.75, 3.05) is 13.6 Å². The number of ether oxygens (including phenoxy) is 1. The van der Waals surface area contributed by atoms with E-state index in [2.05, 4.69) is 30.4 Å². The predicted octanol–water partition coefficient (Wildman–Crippen LogP) is 5.32. The third-order valence-corrected chi connectivity index (χ3v) is 9.42. The molecule has 0 radical (unpaired) electrons. The van der Waals surface area contributed by atoms with Crippen molar-refractivity contribution >= 4 is 27.3 Å². The summed E-state index contributed by atoms with van der Waals surface area (Å²) < 4.78 is 34.8. The average Bonchev–Trinajstić information content (AvgIpc) is 3.31. The zero-order chi connectivity index (χ0) is 25.2. The Balaban J connectivity index is 1.68. The molecule has 186 valence electrons. The lowest BCUT2D eigenvalue weighted by molar-refractivity contribution is 0.0967. The fourth-order valence-electron chi connectivity index (χ4n) is 4.51. The number of hydrogen-bond donors (Lipinski definition) is 1. The van der Waals surface area contributed by atoms with Crippen molar-refractivity contribution in [3.05, 3.63) is 81.0 Å². The summed E-state index contributed by atoms with van der Waals surface area (Å²) in [6.45, 7) is 6.73. The SMILES string of the molecule is CCC(c1csc(C(=O)NC)c1)c1ccc(C)c(CN2C[C@@H](CC)Oc3ccccc3S2(=O)=O)c1. The van der Waals surface area contributed by atoms with Crippen LogP contribution in [0.2, 0.25) is 0 Å². The van der Waals surface area contributed by atoms with Gasteiger partial charge in [0, 0.05) is 19.5 Å². The number of rotatable bonds is 7. The third-order valence-electron chi connectivity index (χ3n) is 6.63. The molecule has 1 aliphatic rings. The first kappa shape index (κ1) is 25.4. The first-order valence-corrected chi connectivity index (χ1v) is 14.3. The Morgan fingerprint density at radius 3 is 2.66 bits per heavy atom. The normalized spacial score (nSPS) is 18.2. The van der Waals surface area contributed by atoms with Crippen LogP contribution in [-0.4, -0.2) is 38.3 Å². The van der Waals surface area contributed by atoms with Crippen LogP contribution in [-0.2, 0) is 16.6 Å². The van der Waals surface area contributed by atoms with E-state index in [0.717, 1.165) is 28.7 Å². The van der Waals surface area contributed by atoms with Crippen molar-refractivity contribution in [2.45, 2.75) is 57.1 Å². The number of thiophene rings is 1. The molecule has 2 aromatic carbocycles. The van der Waals surface area contributed by atoms with Gasteiger partial charge in [-0.15, -0.1) is 11.3 Å². The number of para-hydroxylation sites is 1. The van der Waals surface area contributed by atoms with Gasteiger partial charge >= 0.3 is 0 Å². The monoisotopic (exact) mass is 512 g/mol. The Bertz CT molecular complexity index is 1320. The quantitative estimate of drug-likeness (QED) is 0.465. The van der Waals surface area contributed by atoms with Gasteiger partial charge in [-0.05, 0) is 65.6 Å². The van der Waals surface area contributed by atoms with E-state index in [0.29, 0.717) is 23.6 Å². The third kappa shape index (κ3) is 5.15. The minimum atomic E-state index is -3.71. The molecule has 0 saturated carbocycles. The molecule has 4 rings (SSSR count). The molecule has 1 aromatic heterocycles. The summed E-state index contributed by atoms with van der Waals surface area (Å²) in [4.78, 5) is 13.0. The van der Waals surface area contributed by atoms with Crippen LogP contribution in [0.25, 0.3) is 0 Å². The number of benzene rings is 2. The second-order valence-corrected chi connectivity index (χ2v) is 11.7. The largest absolute Gasteiger partial charge is 0.488 e. The highest BCUT2D eigenvalue weighted by Gasteiger charge is 2.34. The molecule has 2 atom stereocenters. The number of fused-ring (bicyclic) bond motifs is 1. The number of sulfonamides is 1. The van der Waals surface area contributed by atoms with Gasteiger partial charge in [-0.3, -0.25) is 4.79 Å². The van der Waals surface area contributed by atoms with E-state index in [4.69, 9.17) is 4.74 Å². The van der Waals surface area contributed by atoms with Crippen LogP contribution >= 0.6 is 11.3 Å².